The topological polar surface area (TPSA) is 81.8 Å². The zero-order valence-electron chi connectivity index (χ0n) is 13.1. The standard InChI is InChI=1S/C17H20N2O3S/c1-17(7-8-23-16(18)19-17)12-4-2-3-11(9-12)10-13(20)14-5-6-15(21)22-14/h2-4,9,14H,5-8,10H2,1H3,(H2,18,19)/t14-,17-/m0/s1. The number of ether oxygens (including phenoxy) is 1. The van der Waals surface area contributed by atoms with Gasteiger partial charge in [0.15, 0.2) is 17.1 Å². The van der Waals surface area contributed by atoms with Crippen LogP contribution in [0.15, 0.2) is 29.3 Å². The van der Waals surface area contributed by atoms with E-state index in [1.54, 1.807) is 11.8 Å². The van der Waals surface area contributed by atoms with Gasteiger partial charge in [0, 0.05) is 25.0 Å². The monoisotopic (exact) mass is 332 g/mol. The van der Waals surface area contributed by atoms with Gasteiger partial charge in [0.25, 0.3) is 0 Å². The van der Waals surface area contributed by atoms with Crippen LogP contribution in [0.1, 0.15) is 37.3 Å². The smallest absolute Gasteiger partial charge is 0.306 e. The Bertz CT molecular complexity index is 674. The van der Waals surface area contributed by atoms with Gasteiger partial charge in [-0.05, 0) is 24.5 Å². The second-order valence-corrected chi connectivity index (χ2v) is 7.30. The molecule has 1 aromatic rings. The van der Waals surface area contributed by atoms with Crippen LogP contribution < -0.4 is 5.73 Å². The highest BCUT2D eigenvalue weighted by Gasteiger charge is 2.31. The summed E-state index contributed by atoms with van der Waals surface area (Å²) in [4.78, 5) is 28.0. The second kappa shape index (κ2) is 6.35. The van der Waals surface area contributed by atoms with Crippen molar-refractivity contribution in [3.63, 3.8) is 0 Å². The third-order valence-electron chi connectivity index (χ3n) is 4.37. The van der Waals surface area contributed by atoms with Crippen LogP contribution in [0.5, 0.6) is 0 Å². The number of hydrogen-bond donors (Lipinski definition) is 1. The Labute approximate surface area is 139 Å². The van der Waals surface area contributed by atoms with Gasteiger partial charge in [-0.3, -0.25) is 14.6 Å². The lowest BCUT2D eigenvalue weighted by Gasteiger charge is -2.30. The van der Waals surface area contributed by atoms with Gasteiger partial charge in [0.05, 0.1) is 5.54 Å². The molecule has 2 aliphatic rings. The Morgan fingerprint density at radius 1 is 1.52 bits per heavy atom. The fraction of sp³-hybridized carbons (Fsp3) is 0.471. The average Bonchev–Trinajstić information content (AvgIpc) is 2.94. The molecule has 23 heavy (non-hydrogen) atoms. The molecule has 1 saturated heterocycles. The molecule has 6 heteroatoms. The highest BCUT2D eigenvalue weighted by Crippen LogP contribution is 2.35. The number of cyclic esters (lactones) is 1. The van der Waals surface area contributed by atoms with E-state index in [1.807, 2.05) is 24.3 Å². The van der Waals surface area contributed by atoms with Crippen LogP contribution in [0.25, 0.3) is 0 Å². The number of hydrogen-bond acceptors (Lipinski definition) is 6. The zero-order valence-corrected chi connectivity index (χ0v) is 13.9. The lowest BCUT2D eigenvalue weighted by atomic mass is 9.88. The van der Waals surface area contributed by atoms with Gasteiger partial charge in [-0.2, -0.15) is 0 Å². The summed E-state index contributed by atoms with van der Waals surface area (Å²) >= 11 is 1.57. The molecule has 0 unspecified atom stereocenters. The molecule has 2 N–H and O–H groups in total. The summed E-state index contributed by atoms with van der Waals surface area (Å²) in [5, 5.41) is 0.609. The van der Waals surface area contributed by atoms with Crippen molar-refractivity contribution < 1.29 is 14.3 Å². The number of thioether (sulfide) groups is 1. The largest absolute Gasteiger partial charge is 0.454 e. The summed E-state index contributed by atoms with van der Waals surface area (Å²) < 4.78 is 5.05. The third-order valence-corrected chi connectivity index (χ3v) is 5.16. The first kappa shape index (κ1) is 16.1. The zero-order chi connectivity index (χ0) is 16.4. The highest BCUT2D eigenvalue weighted by molar-refractivity contribution is 8.13. The second-order valence-electron chi connectivity index (χ2n) is 6.18. The number of esters is 1. The van der Waals surface area contributed by atoms with Crippen LogP contribution >= 0.6 is 11.8 Å². The summed E-state index contributed by atoms with van der Waals surface area (Å²) in [7, 11) is 0. The minimum Gasteiger partial charge on any atom is -0.454 e. The van der Waals surface area contributed by atoms with Crippen molar-refractivity contribution in [1.82, 2.24) is 0 Å². The van der Waals surface area contributed by atoms with Crippen LogP contribution in [-0.4, -0.2) is 28.8 Å². The summed E-state index contributed by atoms with van der Waals surface area (Å²) in [6, 6.07) is 7.90. The first-order valence-electron chi connectivity index (χ1n) is 7.76. The minimum absolute atomic E-state index is 0.0413. The predicted octanol–water partition coefficient (Wildman–Crippen LogP) is 2.17. The van der Waals surface area contributed by atoms with Crippen LogP contribution in [-0.2, 0) is 26.3 Å². The van der Waals surface area contributed by atoms with Crippen LogP contribution in [0.4, 0.5) is 0 Å². The van der Waals surface area contributed by atoms with Crippen molar-refractivity contribution in [3.05, 3.63) is 35.4 Å². The number of benzene rings is 1. The van der Waals surface area contributed by atoms with Gasteiger partial charge in [0.2, 0.25) is 0 Å². The average molecular weight is 332 g/mol. The van der Waals surface area contributed by atoms with E-state index in [0.29, 0.717) is 18.0 Å². The molecule has 0 aliphatic carbocycles. The van der Waals surface area contributed by atoms with Crippen molar-refractivity contribution in [2.75, 3.05) is 5.75 Å². The van der Waals surface area contributed by atoms with Gasteiger partial charge in [-0.1, -0.05) is 36.0 Å². The van der Waals surface area contributed by atoms with E-state index in [2.05, 4.69) is 11.9 Å². The molecule has 1 fully saturated rings. The molecular weight excluding hydrogens is 312 g/mol. The molecular formula is C17H20N2O3S. The molecule has 2 atom stereocenters. The van der Waals surface area contributed by atoms with Crippen LogP contribution in [0.2, 0.25) is 0 Å². The number of nitrogens with two attached hydrogens (primary N) is 1. The van der Waals surface area contributed by atoms with E-state index in [-0.39, 0.29) is 23.7 Å². The molecule has 5 nitrogen and oxygen atoms in total. The Morgan fingerprint density at radius 3 is 3.04 bits per heavy atom. The van der Waals surface area contributed by atoms with Crippen molar-refractivity contribution >= 4 is 28.7 Å². The summed E-state index contributed by atoms with van der Waals surface area (Å²) in [5.74, 6) is 0.613. The van der Waals surface area contributed by atoms with Crippen molar-refractivity contribution in [2.24, 2.45) is 10.7 Å². The maximum atomic E-state index is 12.3. The van der Waals surface area contributed by atoms with Crippen LogP contribution in [0, 0.1) is 0 Å². The molecule has 3 rings (SSSR count). The van der Waals surface area contributed by atoms with Crippen LogP contribution in [0.3, 0.4) is 0 Å². The molecule has 2 heterocycles. The number of carbonyl (C=O) groups excluding carboxylic acids is 2. The van der Waals surface area contributed by atoms with E-state index < -0.39 is 6.10 Å². The maximum absolute atomic E-state index is 12.3. The van der Waals surface area contributed by atoms with Gasteiger partial charge >= 0.3 is 5.97 Å². The Morgan fingerprint density at radius 2 is 2.35 bits per heavy atom. The maximum Gasteiger partial charge on any atom is 0.306 e. The fourth-order valence-electron chi connectivity index (χ4n) is 2.98. The number of ketones is 1. The predicted molar refractivity (Wildman–Crippen MR) is 90.3 cm³/mol. The fourth-order valence-corrected chi connectivity index (χ4v) is 3.95. The summed E-state index contributed by atoms with van der Waals surface area (Å²) in [6.45, 7) is 2.07. The van der Waals surface area contributed by atoms with E-state index >= 15 is 0 Å². The lowest BCUT2D eigenvalue weighted by molar-refractivity contribution is -0.147. The minimum atomic E-state index is -0.582. The number of amidine groups is 1. The number of carbonyl (C=O) groups is 2. The number of nitrogens with zero attached hydrogens (tertiary/aromatic N) is 1. The Kier molecular flexibility index (Phi) is 4.43. The van der Waals surface area contributed by atoms with Gasteiger partial charge in [-0.15, -0.1) is 0 Å². The summed E-state index contributed by atoms with van der Waals surface area (Å²) in [5.41, 5.74) is 7.52. The van der Waals surface area contributed by atoms with Crippen molar-refractivity contribution in [1.29, 1.82) is 0 Å². The first-order valence-corrected chi connectivity index (χ1v) is 8.74. The van der Waals surface area contributed by atoms with E-state index in [1.165, 1.54) is 0 Å². The molecule has 0 amide bonds. The van der Waals surface area contributed by atoms with E-state index in [0.717, 1.165) is 23.3 Å². The molecule has 0 aromatic heterocycles. The molecule has 1 aromatic carbocycles. The van der Waals surface area contributed by atoms with Gasteiger partial charge in [-0.25, -0.2) is 0 Å². The molecule has 0 bridgehead atoms. The van der Waals surface area contributed by atoms with Crippen molar-refractivity contribution in [2.45, 2.75) is 44.2 Å². The summed E-state index contributed by atoms with van der Waals surface area (Å²) in [6.07, 6.45) is 1.43. The number of Topliss-reactive ketones (excluding diaryl/α,β-unsaturated/α-hetero) is 1. The number of rotatable bonds is 4. The lowest BCUT2D eigenvalue weighted by Crippen LogP contribution is -2.29. The quantitative estimate of drug-likeness (QED) is 0.855. The van der Waals surface area contributed by atoms with Gasteiger partial charge in [0.1, 0.15) is 0 Å². The molecule has 122 valence electrons. The van der Waals surface area contributed by atoms with Gasteiger partial charge < -0.3 is 10.5 Å². The SMILES string of the molecule is C[C@@]1(c2cccc(CC(=O)[C@@H]3CCC(=O)O3)c2)CCSC(N)=N1. The van der Waals surface area contributed by atoms with E-state index in [4.69, 9.17) is 10.5 Å². The molecule has 0 saturated carbocycles. The molecule has 2 aliphatic heterocycles. The van der Waals surface area contributed by atoms with Crippen molar-refractivity contribution in [3.8, 4) is 0 Å². The Balaban J connectivity index is 1.76. The van der Waals surface area contributed by atoms with E-state index in [9.17, 15) is 9.59 Å². The molecule has 0 radical (unpaired) electrons. The highest BCUT2D eigenvalue weighted by atomic mass is 32.2. The first-order chi connectivity index (χ1) is 11.0. The number of aliphatic imine (C=N–C) groups is 1. The molecule has 0 spiro atoms. The third kappa shape index (κ3) is 3.58. The Hall–Kier alpha value is -1.82. The normalized spacial score (nSPS) is 27.4.